The van der Waals surface area contributed by atoms with Crippen LogP contribution < -0.4 is 0 Å². The van der Waals surface area contributed by atoms with Gasteiger partial charge in [-0.3, -0.25) is 0 Å². The number of hydrogen-bond acceptors (Lipinski definition) is 1. The van der Waals surface area contributed by atoms with E-state index in [2.05, 4.69) is 26.6 Å². The molecule has 3 heteroatoms. The molecule has 0 aliphatic rings. The van der Waals surface area contributed by atoms with Crippen LogP contribution in [0.1, 0.15) is 6.92 Å². The van der Waals surface area contributed by atoms with Gasteiger partial charge in [0.1, 0.15) is 0 Å². The largest absolute Gasteiger partial charge is 0.378 e. The van der Waals surface area contributed by atoms with Gasteiger partial charge in [-0.1, -0.05) is 35.1 Å². The van der Waals surface area contributed by atoms with Gasteiger partial charge in [0.15, 0.2) is 0 Å². The first kappa shape index (κ1) is 11.6. The monoisotopic (exact) mass is 192 g/mol. The van der Waals surface area contributed by atoms with Crippen LogP contribution in [0.2, 0.25) is 25.7 Å². The Morgan fingerprint density at radius 2 is 1.91 bits per heavy atom. The zero-order chi connectivity index (χ0) is 8.74. The minimum absolute atomic E-state index is 0.839. The lowest BCUT2D eigenvalue weighted by Gasteiger charge is -2.14. The number of rotatable bonds is 6. The second kappa shape index (κ2) is 6.16. The molecule has 0 amide bonds. The van der Waals surface area contributed by atoms with Gasteiger partial charge in [0.2, 0.25) is 0 Å². The Hall–Kier alpha value is 0.607. The molecule has 0 rings (SSSR count). The van der Waals surface area contributed by atoms with E-state index in [4.69, 9.17) is 4.74 Å². The third-order valence-electron chi connectivity index (χ3n) is 1.45. The summed E-state index contributed by atoms with van der Waals surface area (Å²) >= 11 is 0. The number of ether oxygens (including phenoxy) is 1. The minimum atomic E-state index is -0.839. The van der Waals surface area contributed by atoms with Crippen molar-refractivity contribution < 1.29 is 4.74 Å². The van der Waals surface area contributed by atoms with Gasteiger partial charge in [0.05, 0.1) is 6.35 Å². The molecule has 1 unspecified atom stereocenters. The SMILES string of the molecule is CCPCOCC[Si](C)(C)C. The average molecular weight is 192 g/mol. The van der Waals surface area contributed by atoms with Gasteiger partial charge >= 0.3 is 0 Å². The highest BCUT2D eigenvalue weighted by Gasteiger charge is 2.11. The molecule has 0 aliphatic heterocycles. The molecular formula is C8H21OPSi. The molecule has 0 aromatic carbocycles. The fourth-order valence-electron chi connectivity index (χ4n) is 0.625. The van der Waals surface area contributed by atoms with E-state index in [1.54, 1.807) is 0 Å². The van der Waals surface area contributed by atoms with Crippen LogP contribution in [0.4, 0.5) is 0 Å². The Bertz CT molecular complexity index is 90.6. The van der Waals surface area contributed by atoms with Gasteiger partial charge in [-0.15, -0.1) is 0 Å². The highest BCUT2D eigenvalue weighted by Crippen LogP contribution is 2.11. The molecule has 0 N–H and O–H groups in total. The lowest BCUT2D eigenvalue weighted by molar-refractivity contribution is 0.196. The lowest BCUT2D eigenvalue weighted by atomic mass is 10.9. The van der Waals surface area contributed by atoms with E-state index in [0.29, 0.717) is 0 Å². The Labute approximate surface area is 73.7 Å². The fraction of sp³-hybridized carbons (Fsp3) is 1.00. The van der Waals surface area contributed by atoms with Crippen LogP contribution in [0.25, 0.3) is 0 Å². The summed E-state index contributed by atoms with van der Waals surface area (Å²) in [7, 11) is 0.162. The van der Waals surface area contributed by atoms with Crippen molar-refractivity contribution in [3.05, 3.63) is 0 Å². The Kier molecular flexibility index (Phi) is 6.50. The molecule has 0 bridgehead atoms. The van der Waals surface area contributed by atoms with Crippen LogP contribution >= 0.6 is 8.58 Å². The predicted molar refractivity (Wildman–Crippen MR) is 57.8 cm³/mol. The van der Waals surface area contributed by atoms with Gasteiger partial charge in [0, 0.05) is 14.7 Å². The molecule has 11 heavy (non-hydrogen) atoms. The van der Waals surface area contributed by atoms with E-state index in [0.717, 1.165) is 21.5 Å². The molecule has 0 heterocycles. The quantitative estimate of drug-likeness (QED) is 0.357. The van der Waals surface area contributed by atoms with E-state index in [9.17, 15) is 0 Å². The van der Waals surface area contributed by atoms with Crippen molar-refractivity contribution in [1.29, 1.82) is 0 Å². The molecular weight excluding hydrogens is 171 g/mol. The van der Waals surface area contributed by atoms with Gasteiger partial charge < -0.3 is 4.74 Å². The first-order chi connectivity index (χ1) is 5.06. The fourth-order valence-corrected chi connectivity index (χ4v) is 1.87. The van der Waals surface area contributed by atoms with E-state index >= 15 is 0 Å². The zero-order valence-corrected chi connectivity index (χ0v) is 10.2. The third kappa shape index (κ3) is 10.6. The molecule has 0 spiro atoms. The Balaban J connectivity index is 3.02. The van der Waals surface area contributed by atoms with Crippen LogP contribution in [-0.2, 0) is 4.74 Å². The molecule has 0 fully saturated rings. The van der Waals surface area contributed by atoms with Crippen molar-refractivity contribution in [1.82, 2.24) is 0 Å². The zero-order valence-electron chi connectivity index (χ0n) is 8.24. The lowest BCUT2D eigenvalue weighted by Crippen LogP contribution is -2.21. The van der Waals surface area contributed by atoms with Crippen molar-refractivity contribution in [2.24, 2.45) is 0 Å². The van der Waals surface area contributed by atoms with E-state index in [1.807, 2.05) is 0 Å². The predicted octanol–water partition coefficient (Wildman–Crippen LogP) is 3.00. The van der Waals surface area contributed by atoms with Gasteiger partial charge in [-0.25, -0.2) is 0 Å². The van der Waals surface area contributed by atoms with Crippen molar-refractivity contribution in [2.45, 2.75) is 32.6 Å². The topological polar surface area (TPSA) is 9.23 Å². The molecule has 1 nitrogen and oxygen atoms in total. The normalized spacial score (nSPS) is 13.1. The summed E-state index contributed by atoms with van der Waals surface area (Å²) in [6.07, 6.45) is 2.26. The highest BCUT2D eigenvalue weighted by molar-refractivity contribution is 7.37. The summed E-state index contributed by atoms with van der Waals surface area (Å²) in [5, 5.41) is 0. The van der Waals surface area contributed by atoms with Gasteiger partial charge in [-0.05, 0) is 12.2 Å². The van der Waals surface area contributed by atoms with Crippen molar-refractivity contribution in [3.8, 4) is 0 Å². The van der Waals surface area contributed by atoms with Crippen LogP contribution in [0.15, 0.2) is 0 Å². The molecule has 0 aromatic heterocycles. The van der Waals surface area contributed by atoms with Crippen molar-refractivity contribution in [3.63, 3.8) is 0 Å². The molecule has 1 atom stereocenters. The van der Waals surface area contributed by atoms with Crippen molar-refractivity contribution in [2.75, 3.05) is 19.1 Å². The Morgan fingerprint density at radius 3 is 2.36 bits per heavy atom. The molecule has 0 radical (unpaired) electrons. The maximum Gasteiger partial charge on any atom is 0.0630 e. The molecule has 0 aromatic rings. The van der Waals surface area contributed by atoms with E-state index in [-0.39, 0.29) is 0 Å². The molecule has 0 saturated carbocycles. The summed E-state index contributed by atoms with van der Waals surface area (Å²) in [5.74, 6) is 0. The minimum Gasteiger partial charge on any atom is -0.378 e. The second-order valence-electron chi connectivity index (χ2n) is 3.97. The van der Waals surface area contributed by atoms with E-state index < -0.39 is 8.07 Å². The smallest absolute Gasteiger partial charge is 0.0630 e. The molecule has 0 saturated heterocycles. The number of hydrogen-bond donors (Lipinski definition) is 0. The molecule has 0 aliphatic carbocycles. The average Bonchev–Trinajstić information content (AvgIpc) is 1.85. The standard InChI is InChI=1S/C8H21OPSi/c1-5-10-8-9-6-7-11(2,3)4/h10H,5-8H2,1-4H3. The van der Waals surface area contributed by atoms with Crippen LogP contribution in [-0.4, -0.2) is 27.2 Å². The second-order valence-corrected chi connectivity index (χ2v) is 11.1. The van der Waals surface area contributed by atoms with E-state index in [1.165, 1.54) is 12.2 Å². The maximum absolute atomic E-state index is 5.50. The summed E-state index contributed by atoms with van der Waals surface area (Å²) in [4.78, 5) is 0. The van der Waals surface area contributed by atoms with Crippen LogP contribution in [0.5, 0.6) is 0 Å². The first-order valence-electron chi connectivity index (χ1n) is 4.35. The highest BCUT2D eigenvalue weighted by atomic mass is 31.1. The van der Waals surface area contributed by atoms with Gasteiger partial charge in [-0.2, -0.15) is 0 Å². The van der Waals surface area contributed by atoms with Crippen molar-refractivity contribution >= 4 is 16.7 Å². The summed E-state index contributed by atoms with van der Waals surface area (Å²) in [6, 6.07) is 1.31. The summed E-state index contributed by atoms with van der Waals surface area (Å²) in [5.41, 5.74) is 0. The van der Waals surface area contributed by atoms with Gasteiger partial charge in [0.25, 0.3) is 0 Å². The summed E-state index contributed by atoms with van der Waals surface area (Å²) in [6.45, 7) is 10.4. The van der Waals surface area contributed by atoms with Crippen LogP contribution in [0, 0.1) is 0 Å². The summed E-state index contributed by atoms with van der Waals surface area (Å²) < 4.78 is 5.50. The maximum atomic E-state index is 5.50. The third-order valence-corrected chi connectivity index (χ3v) is 4.06. The molecule has 68 valence electrons. The van der Waals surface area contributed by atoms with Crippen LogP contribution in [0.3, 0.4) is 0 Å². The Morgan fingerprint density at radius 1 is 1.27 bits per heavy atom. The first-order valence-corrected chi connectivity index (χ1v) is 9.47.